The summed E-state index contributed by atoms with van der Waals surface area (Å²) in [6.07, 6.45) is 0.836. The predicted molar refractivity (Wildman–Crippen MR) is 110 cm³/mol. The van der Waals surface area contributed by atoms with Crippen molar-refractivity contribution in [1.82, 2.24) is 4.98 Å². The fourth-order valence-electron chi connectivity index (χ4n) is 3.23. The zero-order valence-corrected chi connectivity index (χ0v) is 16.2. The molecule has 0 unspecified atom stereocenters. The number of anilines is 2. The predicted octanol–water partition coefficient (Wildman–Crippen LogP) is 3.88. The molecule has 0 bridgehead atoms. The quantitative estimate of drug-likeness (QED) is 0.521. The highest BCUT2D eigenvalue weighted by molar-refractivity contribution is 7.14. The highest BCUT2D eigenvalue weighted by atomic mass is 32.1. The molecule has 0 saturated heterocycles. The van der Waals surface area contributed by atoms with Gasteiger partial charge in [-0.2, -0.15) is 0 Å². The van der Waals surface area contributed by atoms with Gasteiger partial charge in [0, 0.05) is 47.8 Å². The molecular formula is C20H16N4O4S. The number of fused-ring (bicyclic) bond motifs is 1. The SMILES string of the molecule is CC(=O)N1CCc2ccc(-c3csc(NC(=O)c4ccc([N+](=O)[O-])cc4)n3)cc21. The van der Waals surface area contributed by atoms with Crippen LogP contribution in [0.1, 0.15) is 22.8 Å². The fourth-order valence-corrected chi connectivity index (χ4v) is 3.95. The van der Waals surface area contributed by atoms with E-state index in [2.05, 4.69) is 10.3 Å². The molecule has 2 amide bonds. The van der Waals surface area contributed by atoms with Crippen LogP contribution in [0.15, 0.2) is 47.8 Å². The summed E-state index contributed by atoms with van der Waals surface area (Å²) < 4.78 is 0. The van der Waals surface area contributed by atoms with Gasteiger partial charge in [0.2, 0.25) is 5.91 Å². The van der Waals surface area contributed by atoms with E-state index in [1.54, 1.807) is 11.8 Å². The number of thiazole rings is 1. The van der Waals surface area contributed by atoms with Gasteiger partial charge in [0.15, 0.2) is 5.13 Å². The Morgan fingerprint density at radius 1 is 1.21 bits per heavy atom. The summed E-state index contributed by atoms with van der Waals surface area (Å²) >= 11 is 1.28. The zero-order valence-electron chi connectivity index (χ0n) is 15.4. The molecule has 8 nitrogen and oxygen atoms in total. The van der Waals surface area contributed by atoms with Gasteiger partial charge in [-0.1, -0.05) is 12.1 Å². The van der Waals surface area contributed by atoms with Crippen LogP contribution in [0, 0.1) is 10.1 Å². The zero-order chi connectivity index (χ0) is 20.5. The van der Waals surface area contributed by atoms with Crippen LogP contribution in [-0.2, 0) is 11.2 Å². The summed E-state index contributed by atoms with van der Waals surface area (Å²) in [6.45, 7) is 2.23. The first kappa shape index (κ1) is 18.8. The number of rotatable bonds is 4. The minimum Gasteiger partial charge on any atom is -0.312 e. The Morgan fingerprint density at radius 3 is 2.66 bits per heavy atom. The Labute approximate surface area is 170 Å². The molecule has 9 heteroatoms. The Morgan fingerprint density at radius 2 is 1.97 bits per heavy atom. The molecule has 0 spiro atoms. The maximum atomic E-state index is 12.4. The van der Waals surface area contributed by atoms with Crippen molar-refractivity contribution >= 4 is 39.7 Å². The third kappa shape index (κ3) is 3.72. The van der Waals surface area contributed by atoms with Gasteiger partial charge in [-0.15, -0.1) is 11.3 Å². The average Bonchev–Trinajstić information content (AvgIpc) is 3.34. The second kappa shape index (κ2) is 7.44. The van der Waals surface area contributed by atoms with Crippen molar-refractivity contribution in [3.8, 4) is 11.3 Å². The lowest BCUT2D eigenvalue weighted by Gasteiger charge is -2.15. The molecule has 0 fully saturated rings. The number of carbonyl (C=O) groups is 2. The third-order valence-electron chi connectivity index (χ3n) is 4.72. The number of nitrogens with one attached hydrogen (secondary N) is 1. The van der Waals surface area contributed by atoms with Crippen LogP contribution in [0.2, 0.25) is 0 Å². The lowest BCUT2D eigenvalue weighted by Crippen LogP contribution is -2.25. The van der Waals surface area contributed by atoms with E-state index < -0.39 is 10.8 Å². The highest BCUT2D eigenvalue weighted by Gasteiger charge is 2.23. The summed E-state index contributed by atoms with van der Waals surface area (Å²) in [5, 5.41) is 15.7. The summed E-state index contributed by atoms with van der Waals surface area (Å²) in [4.78, 5) is 40.6. The number of aromatic nitrogens is 1. The molecule has 29 heavy (non-hydrogen) atoms. The molecule has 3 aromatic rings. The smallest absolute Gasteiger partial charge is 0.269 e. The van der Waals surface area contributed by atoms with E-state index in [4.69, 9.17) is 0 Å². The summed E-state index contributed by atoms with van der Waals surface area (Å²) in [5.41, 5.74) is 3.83. The number of hydrogen-bond acceptors (Lipinski definition) is 6. The van der Waals surface area contributed by atoms with E-state index in [9.17, 15) is 19.7 Å². The van der Waals surface area contributed by atoms with Crippen LogP contribution in [0.4, 0.5) is 16.5 Å². The van der Waals surface area contributed by atoms with Gasteiger partial charge in [0.05, 0.1) is 10.6 Å². The van der Waals surface area contributed by atoms with Gasteiger partial charge in [-0.25, -0.2) is 4.98 Å². The molecule has 1 aliphatic rings. The van der Waals surface area contributed by atoms with Crippen molar-refractivity contribution in [2.75, 3.05) is 16.8 Å². The van der Waals surface area contributed by atoms with Crippen LogP contribution in [0.3, 0.4) is 0 Å². The van der Waals surface area contributed by atoms with E-state index >= 15 is 0 Å². The topological polar surface area (TPSA) is 105 Å². The molecule has 2 aromatic carbocycles. The van der Waals surface area contributed by atoms with Crippen LogP contribution < -0.4 is 10.2 Å². The Bertz CT molecular complexity index is 1120. The van der Waals surface area contributed by atoms with Gasteiger partial charge in [0.25, 0.3) is 11.6 Å². The average molecular weight is 408 g/mol. The number of amides is 2. The van der Waals surface area contributed by atoms with Gasteiger partial charge in [-0.05, 0) is 30.2 Å². The minimum atomic E-state index is -0.515. The lowest BCUT2D eigenvalue weighted by atomic mass is 10.1. The molecule has 1 aliphatic heterocycles. The van der Waals surface area contributed by atoms with E-state index in [0.717, 1.165) is 23.2 Å². The number of carbonyl (C=O) groups excluding carboxylic acids is 2. The Hall–Kier alpha value is -3.59. The van der Waals surface area contributed by atoms with Crippen molar-refractivity contribution in [3.05, 3.63) is 69.1 Å². The largest absolute Gasteiger partial charge is 0.312 e. The van der Waals surface area contributed by atoms with Crippen LogP contribution in [-0.4, -0.2) is 28.3 Å². The van der Waals surface area contributed by atoms with Crippen molar-refractivity contribution in [2.24, 2.45) is 0 Å². The lowest BCUT2D eigenvalue weighted by molar-refractivity contribution is -0.384. The van der Waals surface area contributed by atoms with Crippen molar-refractivity contribution < 1.29 is 14.5 Å². The number of benzene rings is 2. The second-order valence-corrected chi connectivity index (χ2v) is 7.42. The maximum Gasteiger partial charge on any atom is 0.269 e. The second-order valence-electron chi connectivity index (χ2n) is 6.56. The first-order chi connectivity index (χ1) is 13.9. The van der Waals surface area contributed by atoms with E-state index in [-0.39, 0.29) is 11.6 Å². The first-order valence-corrected chi connectivity index (χ1v) is 9.73. The van der Waals surface area contributed by atoms with Gasteiger partial charge in [0.1, 0.15) is 0 Å². The van der Waals surface area contributed by atoms with Crippen LogP contribution >= 0.6 is 11.3 Å². The molecule has 2 heterocycles. The molecule has 4 rings (SSSR count). The molecule has 0 saturated carbocycles. The molecule has 1 aromatic heterocycles. The molecule has 146 valence electrons. The van der Waals surface area contributed by atoms with Gasteiger partial charge >= 0.3 is 0 Å². The number of hydrogen-bond donors (Lipinski definition) is 1. The Kier molecular flexibility index (Phi) is 4.81. The maximum absolute atomic E-state index is 12.4. The highest BCUT2D eigenvalue weighted by Crippen LogP contribution is 2.34. The number of nitro groups is 1. The molecule has 0 radical (unpaired) electrons. The monoisotopic (exact) mass is 408 g/mol. The third-order valence-corrected chi connectivity index (χ3v) is 5.48. The summed E-state index contributed by atoms with van der Waals surface area (Å²) in [7, 11) is 0. The molecule has 1 N–H and O–H groups in total. The van der Waals surface area contributed by atoms with Gasteiger partial charge < -0.3 is 4.90 Å². The normalized spacial score (nSPS) is 12.5. The van der Waals surface area contributed by atoms with Crippen LogP contribution in [0.5, 0.6) is 0 Å². The standard InChI is InChI=1S/C20H16N4O4S/c1-12(25)23-9-8-13-2-3-15(10-18(13)23)17-11-29-20(21-17)22-19(26)14-4-6-16(7-5-14)24(27)28/h2-7,10-11H,8-9H2,1H3,(H,21,22,26). The number of nitrogens with zero attached hydrogens (tertiary/aromatic N) is 3. The first-order valence-electron chi connectivity index (χ1n) is 8.85. The number of nitro benzene ring substituents is 1. The minimum absolute atomic E-state index is 0.00947. The summed E-state index contributed by atoms with van der Waals surface area (Å²) in [5.74, 6) is -0.382. The fraction of sp³-hybridized carbons (Fsp3) is 0.150. The van der Waals surface area contributed by atoms with Crippen molar-refractivity contribution in [2.45, 2.75) is 13.3 Å². The van der Waals surface area contributed by atoms with Crippen molar-refractivity contribution in [3.63, 3.8) is 0 Å². The Balaban J connectivity index is 1.52. The van der Waals surface area contributed by atoms with Crippen LogP contribution in [0.25, 0.3) is 11.3 Å². The van der Waals surface area contributed by atoms with E-state index in [0.29, 0.717) is 22.9 Å². The number of non-ortho nitro benzene ring substituents is 1. The molecular weight excluding hydrogens is 392 g/mol. The van der Waals surface area contributed by atoms with E-state index in [1.807, 2.05) is 23.6 Å². The molecule has 0 aliphatic carbocycles. The van der Waals surface area contributed by atoms with Crippen molar-refractivity contribution in [1.29, 1.82) is 0 Å². The van der Waals surface area contributed by atoms with E-state index in [1.165, 1.54) is 35.6 Å². The molecule has 0 atom stereocenters. The summed E-state index contributed by atoms with van der Waals surface area (Å²) in [6, 6.07) is 11.3. The van der Waals surface area contributed by atoms with Gasteiger partial charge in [-0.3, -0.25) is 25.0 Å².